The van der Waals surface area contributed by atoms with Crippen molar-refractivity contribution in [3.05, 3.63) is 60.2 Å². The van der Waals surface area contributed by atoms with Crippen LogP contribution in [-0.4, -0.2) is 50.0 Å². The second-order valence-electron chi connectivity index (χ2n) is 7.13. The summed E-state index contributed by atoms with van der Waals surface area (Å²) in [4.78, 5) is 26.6. The molecule has 6 nitrogen and oxygen atoms in total. The summed E-state index contributed by atoms with van der Waals surface area (Å²) in [5.74, 6) is 0.675. The van der Waals surface area contributed by atoms with Crippen LogP contribution in [0.1, 0.15) is 31.7 Å². The molecular formula is C23H31N3O3. The molecule has 0 spiro atoms. The van der Waals surface area contributed by atoms with Gasteiger partial charge in [-0.15, -0.1) is 0 Å². The zero-order valence-corrected chi connectivity index (χ0v) is 17.6. The average Bonchev–Trinajstić information content (AvgIpc) is 2.74. The Labute approximate surface area is 173 Å². The lowest BCUT2D eigenvalue weighted by atomic mass is 9.96. The van der Waals surface area contributed by atoms with E-state index in [4.69, 9.17) is 4.74 Å². The molecule has 0 unspecified atom stereocenters. The number of nitrogens with zero attached hydrogens (tertiary/aromatic N) is 1. The van der Waals surface area contributed by atoms with E-state index in [9.17, 15) is 9.59 Å². The highest BCUT2D eigenvalue weighted by molar-refractivity contribution is 5.93. The molecule has 2 aromatic rings. The monoisotopic (exact) mass is 397 g/mol. The minimum absolute atomic E-state index is 0.0870. The van der Waals surface area contributed by atoms with Crippen molar-refractivity contribution in [2.75, 3.05) is 32.6 Å². The summed E-state index contributed by atoms with van der Waals surface area (Å²) in [6.45, 7) is 4.61. The zero-order chi connectivity index (χ0) is 21.2. The lowest BCUT2D eigenvalue weighted by Crippen LogP contribution is -2.46. The largest absolute Gasteiger partial charge is 0.497 e. The van der Waals surface area contributed by atoms with Crippen molar-refractivity contribution in [2.45, 2.75) is 32.2 Å². The van der Waals surface area contributed by atoms with Crippen molar-refractivity contribution >= 4 is 17.5 Å². The second kappa shape index (κ2) is 11.2. The van der Waals surface area contributed by atoms with Gasteiger partial charge in [-0.1, -0.05) is 43.3 Å². The molecule has 0 aliphatic heterocycles. The van der Waals surface area contributed by atoms with Crippen molar-refractivity contribution in [3.8, 4) is 5.75 Å². The van der Waals surface area contributed by atoms with Gasteiger partial charge in [-0.05, 0) is 38.1 Å². The van der Waals surface area contributed by atoms with E-state index in [0.717, 1.165) is 6.42 Å². The van der Waals surface area contributed by atoms with Crippen LogP contribution in [0.2, 0.25) is 0 Å². The van der Waals surface area contributed by atoms with Crippen molar-refractivity contribution < 1.29 is 14.3 Å². The van der Waals surface area contributed by atoms with E-state index in [1.807, 2.05) is 30.3 Å². The van der Waals surface area contributed by atoms with E-state index < -0.39 is 6.04 Å². The topological polar surface area (TPSA) is 70.7 Å². The molecule has 2 atom stereocenters. The molecule has 0 saturated carbocycles. The van der Waals surface area contributed by atoms with Gasteiger partial charge in [-0.3, -0.25) is 14.5 Å². The SMILES string of the molecule is CC[C@H](CNC(=O)[C@H](C)N(C)CC(=O)Nc1cccc(OC)c1)c1ccccc1. The maximum absolute atomic E-state index is 12.6. The van der Waals surface area contributed by atoms with E-state index in [2.05, 4.69) is 29.7 Å². The van der Waals surface area contributed by atoms with Gasteiger partial charge in [0.25, 0.3) is 0 Å². The number of hydrogen-bond donors (Lipinski definition) is 2. The first-order valence-corrected chi connectivity index (χ1v) is 9.91. The Kier molecular flexibility index (Phi) is 8.68. The van der Waals surface area contributed by atoms with Gasteiger partial charge in [0, 0.05) is 24.2 Å². The Balaban J connectivity index is 1.84. The van der Waals surface area contributed by atoms with E-state index in [1.165, 1.54) is 5.56 Å². The Morgan fingerprint density at radius 1 is 1.10 bits per heavy atom. The molecule has 2 aromatic carbocycles. The Bertz CT molecular complexity index is 795. The van der Waals surface area contributed by atoms with Crippen molar-refractivity contribution in [1.29, 1.82) is 0 Å². The minimum atomic E-state index is -0.417. The van der Waals surface area contributed by atoms with Gasteiger partial charge in [0.15, 0.2) is 0 Å². The van der Waals surface area contributed by atoms with Crippen LogP contribution >= 0.6 is 0 Å². The molecule has 0 aliphatic rings. The van der Waals surface area contributed by atoms with E-state index in [-0.39, 0.29) is 24.3 Å². The van der Waals surface area contributed by atoms with Crippen LogP contribution in [0, 0.1) is 0 Å². The molecule has 156 valence electrons. The molecule has 0 aromatic heterocycles. The fourth-order valence-corrected chi connectivity index (χ4v) is 3.06. The number of carbonyl (C=O) groups is 2. The molecule has 0 heterocycles. The number of anilines is 1. The molecular weight excluding hydrogens is 366 g/mol. The lowest BCUT2D eigenvalue weighted by molar-refractivity contribution is -0.126. The number of hydrogen-bond acceptors (Lipinski definition) is 4. The molecule has 2 N–H and O–H groups in total. The number of amides is 2. The quantitative estimate of drug-likeness (QED) is 0.646. The van der Waals surface area contributed by atoms with E-state index in [1.54, 1.807) is 38.1 Å². The van der Waals surface area contributed by atoms with Crippen molar-refractivity contribution in [2.24, 2.45) is 0 Å². The van der Waals surface area contributed by atoms with Crippen LogP contribution in [0.5, 0.6) is 5.75 Å². The number of nitrogens with one attached hydrogen (secondary N) is 2. The third-order valence-electron chi connectivity index (χ3n) is 5.07. The minimum Gasteiger partial charge on any atom is -0.497 e. The van der Waals surface area contributed by atoms with Crippen LogP contribution in [-0.2, 0) is 9.59 Å². The number of benzene rings is 2. The zero-order valence-electron chi connectivity index (χ0n) is 17.6. The van der Waals surface area contributed by atoms with Crippen LogP contribution in [0.4, 0.5) is 5.69 Å². The van der Waals surface area contributed by atoms with Crippen LogP contribution in [0.3, 0.4) is 0 Å². The molecule has 2 amide bonds. The maximum Gasteiger partial charge on any atom is 0.238 e. The third kappa shape index (κ3) is 6.91. The summed E-state index contributed by atoms with van der Waals surface area (Å²) in [5.41, 5.74) is 1.88. The molecule has 0 bridgehead atoms. The molecule has 29 heavy (non-hydrogen) atoms. The molecule has 0 radical (unpaired) electrons. The summed E-state index contributed by atoms with van der Waals surface area (Å²) in [6, 6.07) is 16.9. The molecule has 2 rings (SSSR count). The van der Waals surface area contributed by atoms with Crippen LogP contribution in [0.25, 0.3) is 0 Å². The van der Waals surface area contributed by atoms with Gasteiger partial charge in [0.2, 0.25) is 11.8 Å². The first-order valence-electron chi connectivity index (χ1n) is 9.91. The summed E-state index contributed by atoms with van der Waals surface area (Å²) < 4.78 is 5.16. The number of likely N-dealkylation sites (N-methyl/N-ethyl adjacent to an activating group) is 1. The number of carbonyl (C=O) groups excluding carboxylic acids is 2. The van der Waals surface area contributed by atoms with Gasteiger partial charge in [0.05, 0.1) is 19.7 Å². The van der Waals surface area contributed by atoms with Crippen molar-refractivity contribution in [1.82, 2.24) is 10.2 Å². The van der Waals surface area contributed by atoms with E-state index >= 15 is 0 Å². The highest BCUT2D eigenvalue weighted by Crippen LogP contribution is 2.18. The number of ether oxygens (including phenoxy) is 1. The molecule has 6 heteroatoms. The average molecular weight is 398 g/mol. The summed E-state index contributed by atoms with van der Waals surface area (Å²) in [7, 11) is 3.35. The summed E-state index contributed by atoms with van der Waals surface area (Å²) in [5, 5.41) is 5.85. The fraction of sp³-hybridized carbons (Fsp3) is 0.391. The molecule has 0 fully saturated rings. The lowest BCUT2D eigenvalue weighted by Gasteiger charge is -2.24. The Hall–Kier alpha value is -2.86. The second-order valence-corrected chi connectivity index (χ2v) is 7.13. The van der Waals surface area contributed by atoms with Crippen molar-refractivity contribution in [3.63, 3.8) is 0 Å². The molecule has 0 aliphatic carbocycles. The fourth-order valence-electron chi connectivity index (χ4n) is 3.06. The predicted molar refractivity (Wildman–Crippen MR) is 116 cm³/mol. The number of methoxy groups -OCH3 is 1. The highest BCUT2D eigenvalue weighted by atomic mass is 16.5. The van der Waals surface area contributed by atoms with Gasteiger partial charge < -0.3 is 15.4 Å². The first kappa shape index (κ1) is 22.4. The highest BCUT2D eigenvalue weighted by Gasteiger charge is 2.21. The standard InChI is InChI=1S/C23H31N3O3/c1-5-18(19-10-7-6-8-11-19)15-24-23(28)17(2)26(3)16-22(27)25-20-12-9-13-21(14-20)29-4/h6-14,17-18H,5,15-16H2,1-4H3,(H,24,28)(H,25,27)/t17-,18+/m0/s1. The maximum atomic E-state index is 12.6. The Morgan fingerprint density at radius 3 is 2.48 bits per heavy atom. The Morgan fingerprint density at radius 2 is 1.83 bits per heavy atom. The van der Waals surface area contributed by atoms with Gasteiger partial charge in [-0.2, -0.15) is 0 Å². The third-order valence-corrected chi connectivity index (χ3v) is 5.07. The summed E-state index contributed by atoms with van der Waals surface area (Å²) in [6.07, 6.45) is 0.942. The van der Waals surface area contributed by atoms with Gasteiger partial charge >= 0.3 is 0 Å². The number of rotatable bonds is 10. The van der Waals surface area contributed by atoms with Gasteiger partial charge in [0.1, 0.15) is 5.75 Å². The van der Waals surface area contributed by atoms with Crippen LogP contribution < -0.4 is 15.4 Å². The predicted octanol–water partition coefficient (Wildman–Crippen LogP) is 3.26. The smallest absolute Gasteiger partial charge is 0.238 e. The first-order chi connectivity index (χ1) is 13.9. The van der Waals surface area contributed by atoms with E-state index in [0.29, 0.717) is 18.0 Å². The normalized spacial score (nSPS) is 12.9. The van der Waals surface area contributed by atoms with Gasteiger partial charge in [-0.25, -0.2) is 0 Å². The molecule has 0 saturated heterocycles. The van der Waals surface area contributed by atoms with Crippen LogP contribution in [0.15, 0.2) is 54.6 Å². The summed E-state index contributed by atoms with van der Waals surface area (Å²) >= 11 is 0.